The first-order valence-corrected chi connectivity index (χ1v) is 11.2. The van der Waals surface area contributed by atoms with Crippen LogP contribution in [0.25, 0.3) is 0 Å². The van der Waals surface area contributed by atoms with Crippen molar-refractivity contribution in [3.63, 3.8) is 0 Å². The second-order valence-electron chi connectivity index (χ2n) is 6.92. The van der Waals surface area contributed by atoms with Gasteiger partial charge in [0, 0.05) is 25.3 Å². The molecule has 0 amide bonds. The number of hydrogen-bond donors (Lipinski definition) is 2. The van der Waals surface area contributed by atoms with Crippen molar-refractivity contribution in [1.82, 2.24) is 20.4 Å². The van der Waals surface area contributed by atoms with E-state index in [1.54, 1.807) is 30.3 Å². The van der Waals surface area contributed by atoms with Crippen LogP contribution in [0.4, 0.5) is 0 Å². The molecule has 7 nitrogen and oxygen atoms in total. The fourth-order valence-corrected chi connectivity index (χ4v) is 4.19. The Kier molecular flexibility index (Phi) is 7.62. The highest BCUT2D eigenvalue weighted by Gasteiger charge is 2.15. The SMILES string of the molecule is CCNC(=NCCS(=O)(=O)c1ccccc1)NC(C)Cc1c(C)nn(C)c1C. The molecule has 154 valence electrons. The van der Waals surface area contributed by atoms with Crippen molar-refractivity contribution in [3.05, 3.63) is 47.3 Å². The predicted octanol–water partition coefficient (Wildman–Crippen LogP) is 2.00. The summed E-state index contributed by atoms with van der Waals surface area (Å²) in [4.78, 5) is 4.78. The second-order valence-corrected chi connectivity index (χ2v) is 9.02. The lowest BCUT2D eigenvalue weighted by Crippen LogP contribution is -2.43. The predicted molar refractivity (Wildman–Crippen MR) is 113 cm³/mol. The van der Waals surface area contributed by atoms with Crippen LogP contribution in [0, 0.1) is 13.8 Å². The Bertz CT molecular complexity index is 904. The van der Waals surface area contributed by atoms with Gasteiger partial charge in [0.05, 0.1) is 22.9 Å². The maximum absolute atomic E-state index is 12.4. The molecule has 8 heteroatoms. The number of aryl methyl sites for hydroxylation is 2. The van der Waals surface area contributed by atoms with Crippen molar-refractivity contribution in [2.45, 2.75) is 45.1 Å². The lowest BCUT2D eigenvalue weighted by atomic mass is 10.1. The van der Waals surface area contributed by atoms with Crippen LogP contribution in [-0.2, 0) is 23.3 Å². The summed E-state index contributed by atoms with van der Waals surface area (Å²) < 4.78 is 26.7. The number of nitrogens with one attached hydrogen (secondary N) is 2. The minimum atomic E-state index is -3.33. The summed E-state index contributed by atoms with van der Waals surface area (Å²) in [6, 6.07) is 8.62. The van der Waals surface area contributed by atoms with Crippen LogP contribution >= 0.6 is 0 Å². The zero-order chi connectivity index (χ0) is 20.7. The van der Waals surface area contributed by atoms with E-state index < -0.39 is 9.84 Å². The van der Waals surface area contributed by atoms with E-state index in [-0.39, 0.29) is 18.3 Å². The van der Waals surface area contributed by atoms with Crippen molar-refractivity contribution in [3.8, 4) is 0 Å². The molecule has 0 bridgehead atoms. The number of sulfone groups is 1. The summed E-state index contributed by atoms with van der Waals surface area (Å²) in [6.07, 6.45) is 0.818. The minimum absolute atomic E-state index is 0.0250. The number of hydrogen-bond acceptors (Lipinski definition) is 4. The Balaban J connectivity index is 2.00. The van der Waals surface area contributed by atoms with E-state index in [9.17, 15) is 8.42 Å². The van der Waals surface area contributed by atoms with Crippen LogP contribution < -0.4 is 10.6 Å². The van der Waals surface area contributed by atoms with Crippen LogP contribution in [0.2, 0.25) is 0 Å². The standard InChI is InChI=1S/C20H31N5O2S/c1-6-21-20(22-12-13-28(26,27)18-10-8-7-9-11-18)23-15(2)14-19-16(3)24-25(5)17(19)4/h7-11,15H,6,12-14H2,1-5H3,(H2,21,22,23). The molecule has 2 aromatic rings. The van der Waals surface area contributed by atoms with Gasteiger partial charge >= 0.3 is 0 Å². The van der Waals surface area contributed by atoms with Gasteiger partial charge in [-0.25, -0.2) is 8.42 Å². The van der Waals surface area contributed by atoms with Gasteiger partial charge in [-0.05, 0) is 51.8 Å². The van der Waals surface area contributed by atoms with Gasteiger partial charge in [-0.2, -0.15) is 5.10 Å². The number of aromatic nitrogens is 2. The van der Waals surface area contributed by atoms with Crippen molar-refractivity contribution < 1.29 is 8.42 Å². The summed E-state index contributed by atoms with van der Waals surface area (Å²) in [6.45, 7) is 9.05. The van der Waals surface area contributed by atoms with Gasteiger partial charge < -0.3 is 10.6 Å². The first-order chi connectivity index (χ1) is 13.2. The van der Waals surface area contributed by atoms with Gasteiger partial charge in [0.1, 0.15) is 0 Å². The molecular weight excluding hydrogens is 374 g/mol. The van der Waals surface area contributed by atoms with Crippen molar-refractivity contribution in [2.75, 3.05) is 18.8 Å². The third kappa shape index (κ3) is 5.82. The van der Waals surface area contributed by atoms with Crippen molar-refractivity contribution >= 4 is 15.8 Å². The molecule has 1 aromatic heterocycles. The highest BCUT2D eigenvalue weighted by atomic mass is 32.2. The van der Waals surface area contributed by atoms with E-state index in [0.29, 0.717) is 17.4 Å². The summed E-state index contributed by atoms with van der Waals surface area (Å²) in [5.74, 6) is 0.598. The Labute approximate surface area is 168 Å². The van der Waals surface area contributed by atoms with E-state index in [1.165, 1.54) is 5.56 Å². The minimum Gasteiger partial charge on any atom is -0.357 e. The quantitative estimate of drug-likeness (QED) is 0.518. The molecule has 0 aliphatic rings. The Morgan fingerprint density at radius 1 is 1.25 bits per heavy atom. The van der Waals surface area contributed by atoms with Crippen molar-refractivity contribution in [1.29, 1.82) is 0 Å². The summed E-state index contributed by atoms with van der Waals surface area (Å²) in [5.41, 5.74) is 3.41. The summed E-state index contributed by atoms with van der Waals surface area (Å²) in [5, 5.41) is 11.0. The van der Waals surface area contributed by atoms with Crippen molar-refractivity contribution in [2.24, 2.45) is 12.0 Å². The van der Waals surface area contributed by atoms with Gasteiger partial charge in [-0.15, -0.1) is 0 Å². The Morgan fingerprint density at radius 3 is 2.50 bits per heavy atom. The van der Waals surface area contributed by atoms with E-state index in [0.717, 1.165) is 17.8 Å². The van der Waals surface area contributed by atoms with Crippen LogP contribution in [0.3, 0.4) is 0 Å². The van der Waals surface area contributed by atoms with Crippen LogP contribution in [0.15, 0.2) is 40.2 Å². The fraction of sp³-hybridized carbons (Fsp3) is 0.500. The summed E-state index contributed by atoms with van der Waals surface area (Å²) in [7, 11) is -1.38. The number of aliphatic imine (C=N–C) groups is 1. The zero-order valence-electron chi connectivity index (χ0n) is 17.4. The third-order valence-electron chi connectivity index (χ3n) is 4.63. The van der Waals surface area contributed by atoms with E-state index in [1.807, 2.05) is 25.6 Å². The number of nitrogens with zero attached hydrogens (tertiary/aromatic N) is 3. The van der Waals surface area contributed by atoms with Crippen LogP contribution in [0.5, 0.6) is 0 Å². The Morgan fingerprint density at radius 2 is 1.93 bits per heavy atom. The fourth-order valence-electron chi connectivity index (χ4n) is 3.05. The average Bonchev–Trinajstić information content (AvgIpc) is 2.88. The number of benzene rings is 1. The monoisotopic (exact) mass is 405 g/mol. The third-order valence-corrected chi connectivity index (χ3v) is 6.34. The van der Waals surface area contributed by atoms with E-state index >= 15 is 0 Å². The maximum Gasteiger partial charge on any atom is 0.191 e. The molecule has 0 aliphatic carbocycles. The van der Waals surface area contributed by atoms with Gasteiger partial charge in [-0.1, -0.05) is 18.2 Å². The zero-order valence-corrected chi connectivity index (χ0v) is 18.2. The van der Waals surface area contributed by atoms with E-state index in [4.69, 9.17) is 0 Å². The topological polar surface area (TPSA) is 88.4 Å². The number of guanidine groups is 1. The molecular formula is C20H31N5O2S. The van der Waals surface area contributed by atoms with Gasteiger partial charge in [0.15, 0.2) is 15.8 Å². The Hall–Kier alpha value is -2.35. The van der Waals surface area contributed by atoms with Gasteiger partial charge in [-0.3, -0.25) is 9.67 Å². The molecule has 2 N–H and O–H groups in total. The molecule has 28 heavy (non-hydrogen) atoms. The second kappa shape index (κ2) is 9.73. The molecule has 1 heterocycles. The normalized spacial score (nSPS) is 13.4. The molecule has 0 fully saturated rings. The van der Waals surface area contributed by atoms with E-state index in [2.05, 4.69) is 34.6 Å². The molecule has 0 spiro atoms. The van der Waals surface area contributed by atoms with Gasteiger partial charge in [0.25, 0.3) is 0 Å². The smallest absolute Gasteiger partial charge is 0.191 e. The lowest BCUT2D eigenvalue weighted by Gasteiger charge is -2.18. The maximum atomic E-state index is 12.4. The van der Waals surface area contributed by atoms with Crippen LogP contribution in [0.1, 0.15) is 30.8 Å². The molecule has 0 saturated heterocycles. The number of rotatable bonds is 8. The summed E-state index contributed by atoms with van der Waals surface area (Å²) >= 11 is 0. The van der Waals surface area contributed by atoms with Gasteiger partial charge in [0.2, 0.25) is 0 Å². The molecule has 1 unspecified atom stereocenters. The molecule has 0 aliphatic heterocycles. The molecule has 1 atom stereocenters. The molecule has 0 saturated carbocycles. The first-order valence-electron chi connectivity index (χ1n) is 9.56. The highest BCUT2D eigenvalue weighted by Crippen LogP contribution is 2.14. The molecule has 1 aromatic carbocycles. The lowest BCUT2D eigenvalue weighted by molar-refractivity contribution is 0.595. The highest BCUT2D eigenvalue weighted by molar-refractivity contribution is 7.91. The molecule has 0 radical (unpaired) electrons. The largest absolute Gasteiger partial charge is 0.357 e. The van der Waals surface area contributed by atoms with Crippen LogP contribution in [-0.4, -0.2) is 49.0 Å². The average molecular weight is 406 g/mol. The first kappa shape index (κ1) is 21.9. The molecule has 2 rings (SSSR count).